The number of rotatable bonds is 6. The molecule has 110 valence electrons. The van der Waals surface area contributed by atoms with Crippen LogP contribution in [0.25, 0.3) is 10.8 Å². The minimum absolute atomic E-state index is 0.0188. The van der Waals surface area contributed by atoms with Crippen LogP contribution in [-0.2, 0) is 10.5 Å². The number of carbonyl (C=O) groups excluding carboxylic acids is 1. The zero-order chi connectivity index (χ0) is 15.1. The van der Waals surface area contributed by atoms with Crippen LogP contribution in [-0.4, -0.2) is 12.5 Å². The molecule has 0 fully saturated rings. The Hall–Kier alpha value is -1.74. The second kappa shape index (κ2) is 7.89. The Morgan fingerprint density at radius 1 is 1.19 bits per heavy atom. The molecule has 0 bridgehead atoms. The summed E-state index contributed by atoms with van der Waals surface area (Å²) in [5.41, 5.74) is 1.27. The number of carbonyl (C=O) groups is 1. The smallest absolute Gasteiger partial charge is 0.244 e. The second-order valence-corrected chi connectivity index (χ2v) is 6.33. The van der Waals surface area contributed by atoms with E-state index < -0.39 is 0 Å². The zero-order valence-corrected chi connectivity index (χ0v) is 13.3. The molecule has 0 saturated heterocycles. The third-order valence-electron chi connectivity index (χ3n) is 3.06. The highest BCUT2D eigenvalue weighted by molar-refractivity contribution is 8.01. The topological polar surface area (TPSA) is 29.1 Å². The van der Waals surface area contributed by atoms with Gasteiger partial charge in [-0.25, -0.2) is 0 Å². The lowest BCUT2D eigenvalue weighted by Crippen LogP contribution is -2.25. The Morgan fingerprint density at radius 3 is 2.71 bits per heavy atom. The molecule has 2 aromatic rings. The van der Waals surface area contributed by atoms with Gasteiger partial charge in [-0.15, -0.1) is 11.8 Å². The first-order chi connectivity index (χ1) is 10.1. The molecular weight excluding hydrogens is 278 g/mol. The van der Waals surface area contributed by atoms with Gasteiger partial charge in [0.25, 0.3) is 0 Å². The first-order valence-electron chi connectivity index (χ1n) is 7.19. The van der Waals surface area contributed by atoms with Crippen LogP contribution in [0.4, 0.5) is 0 Å². The van der Waals surface area contributed by atoms with Crippen molar-refractivity contribution < 1.29 is 4.79 Å². The lowest BCUT2D eigenvalue weighted by Gasteiger charge is -2.04. The summed E-state index contributed by atoms with van der Waals surface area (Å²) < 4.78 is 0. The van der Waals surface area contributed by atoms with Gasteiger partial charge in [0.2, 0.25) is 5.91 Å². The normalized spacial score (nSPS) is 11.4. The van der Waals surface area contributed by atoms with Gasteiger partial charge in [-0.05, 0) is 27.7 Å². The van der Waals surface area contributed by atoms with E-state index in [1.807, 2.05) is 5.41 Å². The number of hydrogen-bond donors (Lipinski definition) is 1. The Kier molecular flexibility index (Phi) is 5.88. The minimum atomic E-state index is -0.0188. The molecule has 2 nitrogen and oxygen atoms in total. The number of hydrogen-bond acceptors (Lipinski definition) is 2. The Bertz CT molecular complexity index is 634. The molecular formula is C18H21NOS. The first kappa shape index (κ1) is 15.6. The van der Waals surface area contributed by atoms with Gasteiger partial charge >= 0.3 is 0 Å². The van der Waals surface area contributed by atoms with Crippen molar-refractivity contribution in [3.05, 3.63) is 59.5 Å². The van der Waals surface area contributed by atoms with E-state index in [0.717, 1.165) is 12.3 Å². The summed E-state index contributed by atoms with van der Waals surface area (Å²) in [6, 6.07) is 14.8. The molecule has 0 aliphatic heterocycles. The Balaban J connectivity index is 1.83. The molecule has 0 unspecified atom stereocenters. The van der Waals surface area contributed by atoms with Gasteiger partial charge in [0.1, 0.15) is 0 Å². The molecule has 21 heavy (non-hydrogen) atoms. The summed E-state index contributed by atoms with van der Waals surface area (Å²) in [7, 11) is 0. The lowest BCUT2D eigenvalue weighted by atomic mass is 10.1. The molecule has 0 spiro atoms. The van der Waals surface area contributed by atoms with Gasteiger partial charge in [-0.1, -0.05) is 56.3 Å². The van der Waals surface area contributed by atoms with Gasteiger partial charge in [0, 0.05) is 18.4 Å². The highest BCUT2D eigenvalue weighted by Gasteiger charge is 1.98. The van der Waals surface area contributed by atoms with Gasteiger partial charge in [-0.3, -0.25) is 4.79 Å². The van der Waals surface area contributed by atoms with E-state index in [-0.39, 0.29) is 5.91 Å². The van der Waals surface area contributed by atoms with Gasteiger partial charge < -0.3 is 5.32 Å². The van der Waals surface area contributed by atoms with E-state index in [2.05, 4.69) is 61.6 Å². The van der Waals surface area contributed by atoms with Gasteiger partial charge in [0.15, 0.2) is 0 Å². The molecule has 0 aliphatic carbocycles. The van der Waals surface area contributed by atoms with E-state index >= 15 is 0 Å². The minimum Gasteiger partial charge on any atom is -0.352 e. The average Bonchev–Trinajstić information content (AvgIpc) is 2.49. The van der Waals surface area contributed by atoms with Crippen LogP contribution in [0.2, 0.25) is 0 Å². The fourth-order valence-electron chi connectivity index (χ4n) is 1.95. The molecule has 2 aromatic carbocycles. The number of thioether (sulfide) groups is 1. The maximum Gasteiger partial charge on any atom is 0.244 e. The van der Waals surface area contributed by atoms with Gasteiger partial charge in [0.05, 0.1) is 0 Å². The standard InChI is InChI=1S/C18H21NOS/c1-14(2)12-19-18(20)9-10-21-13-15-7-8-16-5-3-4-6-17(16)11-15/h3-11,14H,12-13H2,1-2H3,(H,19,20)/b10-9-. The Labute approximate surface area is 130 Å². The van der Waals surface area contributed by atoms with Crippen LogP contribution in [0.1, 0.15) is 19.4 Å². The quantitative estimate of drug-likeness (QED) is 0.803. The molecule has 0 saturated carbocycles. The van der Waals surface area contributed by atoms with E-state index in [0.29, 0.717) is 5.92 Å². The van der Waals surface area contributed by atoms with Crippen LogP contribution in [0.5, 0.6) is 0 Å². The van der Waals surface area contributed by atoms with Crippen molar-refractivity contribution in [1.82, 2.24) is 5.32 Å². The number of benzene rings is 2. The maximum absolute atomic E-state index is 11.5. The van der Waals surface area contributed by atoms with E-state index in [1.54, 1.807) is 17.8 Å². The maximum atomic E-state index is 11.5. The van der Waals surface area contributed by atoms with Crippen LogP contribution in [0.15, 0.2) is 53.9 Å². The zero-order valence-electron chi connectivity index (χ0n) is 12.5. The molecule has 0 heterocycles. The molecule has 3 heteroatoms. The molecule has 1 amide bonds. The highest BCUT2D eigenvalue weighted by atomic mass is 32.2. The summed E-state index contributed by atoms with van der Waals surface area (Å²) in [4.78, 5) is 11.5. The van der Waals surface area contributed by atoms with Crippen molar-refractivity contribution >= 4 is 28.4 Å². The van der Waals surface area contributed by atoms with E-state index in [9.17, 15) is 4.79 Å². The van der Waals surface area contributed by atoms with Gasteiger partial charge in [-0.2, -0.15) is 0 Å². The van der Waals surface area contributed by atoms with Crippen LogP contribution < -0.4 is 5.32 Å². The van der Waals surface area contributed by atoms with Crippen molar-refractivity contribution in [3.63, 3.8) is 0 Å². The largest absolute Gasteiger partial charge is 0.352 e. The summed E-state index contributed by atoms with van der Waals surface area (Å²) in [6.07, 6.45) is 1.61. The van der Waals surface area contributed by atoms with Crippen molar-refractivity contribution in [2.75, 3.05) is 6.54 Å². The first-order valence-corrected chi connectivity index (χ1v) is 8.23. The van der Waals surface area contributed by atoms with Crippen molar-refractivity contribution in [3.8, 4) is 0 Å². The van der Waals surface area contributed by atoms with Crippen LogP contribution in [0, 0.1) is 5.92 Å². The third kappa shape index (κ3) is 5.27. The fourth-order valence-corrected chi connectivity index (χ4v) is 2.63. The number of fused-ring (bicyclic) bond motifs is 1. The third-order valence-corrected chi connectivity index (χ3v) is 3.89. The monoisotopic (exact) mass is 299 g/mol. The highest BCUT2D eigenvalue weighted by Crippen LogP contribution is 2.19. The van der Waals surface area contributed by atoms with Crippen molar-refractivity contribution in [2.45, 2.75) is 19.6 Å². The van der Waals surface area contributed by atoms with E-state index in [1.165, 1.54) is 16.3 Å². The second-order valence-electron chi connectivity index (χ2n) is 5.43. The van der Waals surface area contributed by atoms with Crippen LogP contribution in [0.3, 0.4) is 0 Å². The summed E-state index contributed by atoms with van der Waals surface area (Å²) >= 11 is 1.64. The predicted molar refractivity (Wildman–Crippen MR) is 92.2 cm³/mol. The Morgan fingerprint density at radius 2 is 1.95 bits per heavy atom. The summed E-state index contributed by atoms with van der Waals surface area (Å²) in [5, 5.41) is 7.25. The van der Waals surface area contributed by atoms with Crippen molar-refractivity contribution in [1.29, 1.82) is 0 Å². The molecule has 0 aromatic heterocycles. The molecule has 0 atom stereocenters. The molecule has 0 aliphatic rings. The van der Waals surface area contributed by atoms with E-state index in [4.69, 9.17) is 0 Å². The predicted octanol–water partition coefficient (Wildman–Crippen LogP) is 4.36. The number of amides is 1. The van der Waals surface area contributed by atoms with Crippen LogP contribution >= 0.6 is 11.8 Å². The number of nitrogens with one attached hydrogen (secondary N) is 1. The SMILES string of the molecule is CC(C)CNC(=O)/C=C\SCc1ccc2ccccc2c1. The molecule has 2 rings (SSSR count). The fraction of sp³-hybridized carbons (Fsp3) is 0.278. The van der Waals surface area contributed by atoms with Crippen molar-refractivity contribution in [2.24, 2.45) is 5.92 Å². The summed E-state index contributed by atoms with van der Waals surface area (Å²) in [5.74, 6) is 1.33. The average molecular weight is 299 g/mol. The molecule has 1 N–H and O–H groups in total. The lowest BCUT2D eigenvalue weighted by molar-refractivity contribution is -0.116. The summed E-state index contributed by atoms with van der Waals surface area (Å²) in [6.45, 7) is 4.88. The molecule has 0 radical (unpaired) electrons.